The van der Waals surface area contributed by atoms with Crippen molar-refractivity contribution in [3.8, 4) is 5.75 Å². The van der Waals surface area contributed by atoms with Crippen molar-refractivity contribution in [1.82, 2.24) is 5.32 Å². The van der Waals surface area contributed by atoms with Crippen LogP contribution in [0.2, 0.25) is 0 Å². The van der Waals surface area contributed by atoms with Gasteiger partial charge in [0.2, 0.25) is 0 Å². The second-order valence-corrected chi connectivity index (χ2v) is 5.07. The predicted octanol–water partition coefficient (Wildman–Crippen LogP) is 3.36. The molecule has 1 fully saturated rings. The van der Waals surface area contributed by atoms with E-state index in [4.69, 9.17) is 4.74 Å². The van der Waals surface area contributed by atoms with Gasteiger partial charge in [0.15, 0.2) is 0 Å². The van der Waals surface area contributed by atoms with E-state index < -0.39 is 0 Å². The second-order valence-electron chi connectivity index (χ2n) is 5.07. The van der Waals surface area contributed by atoms with Crippen LogP contribution in [-0.4, -0.2) is 13.2 Å². The van der Waals surface area contributed by atoms with Crippen molar-refractivity contribution in [2.45, 2.75) is 45.2 Å². The smallest absolute Gasteiger partial charge is 0.119 e. The van der Waals surface area contributed by atoms with E-state index in [9.17, 15) is 0 Å². The molecule has 1 aromatic rings. The summed E-state index contributed by atoms with van der Waals surface area (Å²) in [5, 5.41) is 3.64. The summed E-state index contributed by atoms with van der Waals surface area (Å²) in [6.07, 6.45) is 5.62. The normalized spacial score (nSPS) is 18.2. The molecular weight excluding hydrogens is 210 g/mol. The van der Waals surface area contributed by atoms with Crippen molar-refractivity contribution in [2.24, 2.45) is 5.92 Å². The number of benzene rings is 1. The quantitative estimate of drug-likeness (QED) is 0.842. The van der Waals surface area contributed by atoms with Crippen LogP contribution in [-0.2, 0) is 6.54 Å². The average molecular weight is 233 g/mol. The Morgan fingerprint density at radius 1 is 1.35 bits per heavy atom. The van der Waals surface area contributed by atoms with Gasteiger partial charge in [-0.1, -0.05) is 25.0 Å². The van der Waals surface area contributed by atoms with Gasteiger partial charge in [-0.2, -0.15) is 0 Å². The second kappa shape index (κ2) is 6.06. The largest absolute Gasteiger partial charge is 0.497 e. The molecule has 2 nitrogen and oxygen atoms in total. The summed E-state index contributed by atoms with van der Waals surface area (Å²) in [7, 11) is 1.72. The summed E-state index contributed by atoms with van der Waals surface area (Å²) in [4.78, 5) is 0. The number of rotatable bonds is 5. The molecule has 1 aliphatic rings. The Labute approximate surface area is 104 Å². The molecule has 1 aliphatic carbocycles. The molecule has 0 radical (unpaired) electrons. The molecule has 94 valence electrons. The Morgan fingerprint density at radius 2 is 2.12 bits per heavy atom. The molecule has 0 aromatic heterocycles. The highest BCUT2D eigenvalue weighted by molar-refractivity contribution is 5.28. The molecule has 2 rings (SSSR count). The number of ether oxygens (including phenoxy) is 1. The SMILES string of the molecule is COc1cccc(CNC(C)C2CCCC2)c1. The highest BCUT2D eigenvalue weighted by atomic mass is 16.5. The Morgan fingerprint density at radius 3 is 2.82 bits per heavy atom. The van der Waals surface area contributed by atoms with E-state index in [1.54, 1.807) is 7.11 Å². The molecule has 0 spiro atoms. The molecule has 1 atom stereocenters. The molecule has 0 heterocycles. The van der Waals surface area contributed by atoms with E-state index in [1.165, 1.54) is 31.2 Å². The minimum atomic E-state index is 0.628. The molecule has 2 heteroatoms. The van der Waals surface area contributed by atoms with E-state index in [0.717, 1.165) is 18.2 Å². The van der Waals surface area contributed by atoms with Crippen LogP contribution in [0.15, 0.2) is 24.3 Å². The van der Waals surface area contributed by atoms with Gasteiger partial charge >= 0.3 is 0 Å². The third kappa shape index (κ3) is 3.47. The lowest BCUT2D eigenvalue weighted by Gasteiger charge is -2.20. The lowest BCUT2D eigenvalue weighted by Crippen LogP contribution is -2.31. The Kier molecular flexibility index (Phi) is 4.43. The van der Waals surface area contributed by atoms with Crippen LogP contribution in [0.25, 0.3) is 0 Å². The van der Waals surface area contributed by atoms with Gasteiger partial charge in [-0.3, -0.25) is 0 Å². The van der Waals surface area contributed by atoms with Crippen molar-refractivity contribution in [1.29, 1.82) is 0 Å². The van der Waals surface area contributed by atoms with E-state index in [2.05, 4.69) is 30.4 Å². The maximum Gasteiger partial charge on any atom is 0.119 e. The van der Waals surface area contributed by atoms with Gasteiger partial charge in [-0.15, -0.1) is 0 Å². The van der Waals surface area contributed by atoms with Gasteiger partial charge in [0.05, 0.1) is 7.11 Å². The number of hydrogen-bond donors (Lipinski definition) is 1. The van der Waals surface area contributed by atoms with Crippen LogP contribution < -0.4 is 10.1 Å². The molecule has 0 aliphatic heterocycles. The molecular formula is C15H23NO. The van der Waals surface area contributed by atoms with Crippen LogP contribution in [0.4, 0.5) is 0 Å². The molecule has 0 saturated heterocycles. The summed E-state index contributed by atoms with van der Waals surface area (Å²) >= 11 is 0. The molecule has 0 amide bonds. The highest BCUT2D eigenvalue weighted by Crippen LogP contribution is 2.27. The third-order valence-electron chi connectivity index (χ3n) is 3.87. The summed E-state index contributed by atoms with van der Waals surface area (Å²) in [5.74, 6) is 1.82. The number of hydrogen-bond acceptors (Lipinski definition) is 2. The van der Waals surface area contributed by atoms with Crippen molar-refractivity contribution < 1.29 is 4.74 Å². The van der Waals surface area contributed by atoms with E-state index >= 15 is 0 Å². The summed E-state index contributed by atoms with van der Waals surface area (Å²) in [6.45, 7) is 3.25. The average Bonchev–Trinajstić information content (AvgIpc) is 2.90. The fourth-order valence-electron chi connectivity index (χ4n) is 2.69. The topological polar surface area (TPSA) is 21.3 Å². The first-order valence-corrected chi connectivity index (χ1v) is 6.66. The zero-order chi connectivity index (χ0) is 12.1. The summed E-state index contributed by atoms with van der Waals surface area (Å²) in [5.41, 5.74) is 1.30. The van der Waals surface area contributed by atoms with Gasteiger partial charge in [-0.25, -0.2) is 0 Å². The number of nitrogens with one attached hydrogen (secondary N) is 1. The lowest BCUT2D eigenvalue weighted by atomic mass is 9.99. The Bertz CT molecular complexity index is 345. The van der Waals surface area contributed by atoms with E-state index in [0.29, 0.717) is 6.04 Å². The van der Waals surface area contributed by atoms with Gasteiger partial charge in [0.1, 0.15) is 5.75 Å². The van der Waals surface area contributed by atoms with E-state index in [1.807, 2.05) is 6.07 Å². The monoisotopic (exact) mass is 233 g/mol. The van der Waals surface area contributed by atoms with Crippen LogP contribution in [0.1, 0.15) is 38.2 Å². The van der Waals surface area contributed by atoms with Crippen LogP contribution in [0.5, 0.6) is 5.75 Å². The van der Waals surface area contributed by atoms with Gasteiger partial charge < -0.3 is 10.1 Å². The standard InChI is InChI=1S/C15H23NO/c1-12(14-7-3-4-8-14)16-11-13-6-5-9-15(10-13)17-2/h5-6,9-10,12,14,16H,3-4,7-8,11H2,1-2H3. The minimum absolute atomic E-state index is 0.628. The summed E-state index contributed by atoms with van der Waals surface area (Å²) < 4.78 is 5.23. The zero-order valence-corrected chi connectivity index (χ0v) is 10.9. The fourth-order valence-corrected chi connectivity index (χ4v) is 2.69. The Hall–Kier alpha value is -1.02. The first-order valence-electron chi connectivity index (χ1n) is 6.66. The first-order chi connectivity index (χ1) is 8.29. The molecule has 17 heavy (non-hydrogen) atoms. The van der Waals surface area contributed by atoms with Crippen molar-refractivity contribution in [3.05, 3.63) is 29.8 Å². The van der Waals surface area contributed by atoms with Crippen LogP contribution >= 0.6 is 0 Å². The van der Waals surface area contributed by atoms with Crippen molar-refractivity contribution in [2.75, 3.05) is 7.11 Å². The molecule has 1 N–H and O–H groups in total. The van der Waals surface area contributed by atoms with Crippen LogP contribution in [0, 0.1) is 5.92 Å². The molecule has 1 aromatic carbocycles. The van der Waals surface area contributed by atoms with Gasteiger partial charge in [0, 0.05) is 12.6 Å². The first kappa shape index (κ1) is 12.4. The predicted molar refractivity (Wildman–Crippen MR) is 71.3 cm³/mol. The zero-order valence-electron chi connectivity index (χ0n) is 10.9. The van der Waals surface area contributed by atoms with Crippen molar-refractivity contribution in [3.63, 3.8) is 0 Å². The molecule has 0 bridgehead atoms. The van der Waals surface area contributed by atoms with Gasteiger partial charge in [0.25, 0.3) is 0 Å². The van der Waals surface area contributed by atoms with Gasteiger partial charge in [-0.05, 0) is 43.4 Å². The van der Waals surface area contributed by atoms with Crippen molar-refractivity contribution >= 4 is 0 Å². The highest BCUT2D eigenvalue weighted by Gasteiger charge is 2.20. The third-order valence-corrected chi connectivity index (χ3v) is 3.87. The molecule has 1 unspecified atom stereocenters. The fraction of sp³-hybridized carbons (Fsp3) is 0.600. The Balaban J connectivity index is 1.83. The number of methoxy groups -OCH3 is 1. The van der Waals surface area contributed by atoms with E-state index in [-0.39, 0.29) is 0 Å². The minimum Gasteiger partial charge on any atom is -0.497 e. The lowest BCUT2D eigenvalue weighted by molar-refractivity contribution is 0.379. The maximum absolute atomic E-state index is 5.23. The maximum atomic E-state index is 5.23. The molecule has 1 saturated carbocycles. The summed E-state index contributed by atoms with van der Waals surface area (Å²) in [6, 6.07) is 8.93. The van der Waals surface area contributed by atoms with Crippen LogP contribution in [0.3, 0.4) is 0 Å².